The van der Waals surface area contributed by atoms with E-state index in [1.165, 1.54) is 42.4 Å². The molecule has 1 saturated heterocycles. The van der Waals surface area contributed by atoms with Gasteiger partial charge in [-0.15, -0.1) is 0 Å². The van der Waals surface area contributed by atoms with E-state index in [-0.39, 0.29) is 0 Å². The van der Waals surface area contributed by atoms with E-state index in [9.17, 15) is 0 Å². The minimum absolute atomic E-state index is 0.477. The second-order valence-corrected chi connectivity index (χ2v) is 8.81. The SMILES string of the molecule is CN1CCN(CCOc2ccc(-c3cncc(N)n3)c3c2C2CCC3CC2)CC1. The molecular formula is C23H31N5O. The topological polar surface area (TPSA) is 67.5 Å². The summed E-state index contributed by atoms with van der Waals surface area (Å²) in [5.74, 6) is 2.78. The normalized spacial score (nSPS) is 24.4. The number of aromatic nitrogens is 2. The summed E-state index contributed by atoms with van der Waals surface area (Å²) in [6, 6.07) is 4.33. The van der Waals surface area contributed by atoms with Gasteiger partial charge in [-0.3, -0.25) is 9.88 Å². The molecule has 6 rings (SSSR count). The summed E-state index contributed by atoms with van der Waals surface area (Å²) in [6.07, 6.45) is 8.54. The molecule has 2 N–H and O–H groups in total. The first-order valence-electron chi connectivity index (χ1n) is 11.0. The summed E-state index contributed by atoms with van der Waals surface area (Å²) in [5, 5.41) is 0. The predicted molar refractivity (Wildman–Crippen MR) is 115 cm³/mol. The lowest BCUT2D eigenvalue weighted by atomic mass is 9.65. The molecule has 1 aliphatic heterocycles. The van der Waals surface area contributed by atoms with Gasteiger partial charge in [-0.25, -0.2) is 4.98 Å². The molecule has 2 heterocycles. The van der Waals surface area contributed by atoms with Gasteiger partial charge in [-0.1, -0.05) is 0 Å². The molecule has 3 aliphatic carbocycles. The minimum atomic E-state index is 0.477. The summed E-state index contributed by atoms with van der Waals surface area (Å²) < 4.78 is 6.39. The van der Waals surface area contributed by atoms with Crippen molar-refractivity contribution in [1.29, 1.82) is 0 Å². The van der Waals surface area contributed by atoms with Crippen molar-refractivity contribution >= 4 is 5.82 Å². The van der Waals surface area contributed by atoms with Crippen LogP contribution in [0.2, 0.25) is 0 Å². The van der Waals surface area contributed by atoms with Gasteiger partial charge in [0.2, 0.25) is 0 Å². The number of nitrogens with zero attached hydrogens (tertiary/aromatic N) is 4. The molecule has 6 nitrogen and oxygen atoms in total. The van der Waals surface area contributed by atoms with Crippen LogP contribution in [0.15, 0.2) is 24.5 Å². The van der Waals surface area contributed by atoms with Gasteiger partial charge in [-0.05, 0) is 62.3 Å². The van der Waals surface area contributed by atoms with Gasteiger partial charge >= 0.3 is 0 Å². The van der Waals surface area contributed by atoms with E-state index in [4.69, 9.17) is 10.5 Å². The Morgan fingerprint density at radius 2 is 1.72 bits per heavy atom. The van der Waals surface area contributed by atoms with E-state index in [1.54, 1.807) is 6.20 Å². The minimum Gasteiger partial charge on any atom is -0.492 e. The molecular weight excluding hydrogens is 362 g/mol. The van der Waals surface area contributed by atoms with E-state index < -0.39 is 0 Å². The molecule has 0 amide bonds. The first kappa shape index (κ1) is 18.8. The molecule has 2 fully saturated rings. The summed E-state index contributed by atoms with van der Waals surface area (Å²) >= 11 is 0. The van der Waals surface area contributed by atoms with Crippen molar-refractivity contribution < 1.29 is 4.74 Å². The van der Waals surface area contributed by atoms with Crippen molar-refractivity contribution in [2.45, 2.75) is 37.5 Å². The van der Waals surface area contributed by atoms with E-state index in [1.807, 2.05) is 6.20 Å². The number of anilines is 1. The molecule has 4 aliphatic rings. The molecule has 2 aromatic rings. The maximum Gasteiger partial charge on any atom is 0.142 e. The van der Waals surface area contributed by atoms with Gasteiger partial charge in [0.25, 0.3) is 0 Å². The molecule has 6 heteroatoms. The lowest BCUT2D eigenvalue weighted by Gasteiger charge is -2.40. The third-order valence-electron chi connectivity index (χ3n) is 6.98. The van der Waals surface area contributed by atoms with Crippen LogP contribution >= 0.6 is 0 Å². The number of rotatable bonds is 5. The van der Waals surface area contributed by atoms with Gasteiger partial charge in [-0.2, -0.15) is 0 Å². The molecule has 1 aromatic heterocycles. The van der Waals surface area contributed by atoms with Crippen molar-refractivity contribution in [3.8, 4) is 17.0 Å². The standard InChI is InChI=1S/C23H31N5O/c1-27-8-10-28(11-9-27)12-13-29-20-7-6-18(19-14-25-15-21(24)26-19)22-16-2-4-17(5-3-16)23(20)22/h6-7,14-17H,2-5,8-13H2,1H3,(H2,24,26). The van der Waals surface area contributed by atoms with Crippen LogP contribution in [0.4, 0.5) is 5.82 Å². The fraction of sp³-hybridized carbons (Fsp3) is 0.565. The van der Waals surface area contributed by atoms with Gasteiger partial charge in [0.05, 0.1) is 18.1 Å². The highest BCUT2D eigenvalue weighted by Crippen LogP contribution is 2.55. The van der Waals surface area contributed by atoms with E-state index in [0.29, 0.717) is 17.7 Å². The largest absolute Gasteiger partial charge is 0.492 e. The first-order valence-corrected chi connectivity index (χ1v) is 11.0. The molecule has 2 bridgehead atoms. The highest BCUT2D eigenvalue weighted by Gasteiger charge is 2.37. The molecule has 1 aromatic carbocycles. The average Bonchev–Trinajstić information content (AvgIpc) is 2.76. The van der Waals surface area contributed by atoms with Crippen molar-refractivity contribution in [1.82, 2.24) is 19.8 Å². The maximum absolute atomic E-state index is 6.39. The predicted octanol–water partition coefficient (Wildman–Crippen LogP) is 3.11. The Labute approximate surface area is 173 Å². The van der Waals surface area contributed by atoms with Crippen molar-refractivity contribution in [2.24, 2.45) is 0 Å². The molecule has 0 atom stereocenters. The number of nitrogens with two attached hydrogens (primary N) is 1. The number of hydrogen-bond acceptors (Lipinski definition) is 6. The number of fused-ring (bicyclic) bond motifs is 2. The van der Waals surface area contributed by atoms with Crippen LogP contribution in [0, 0.1) is 0 Å². The first-order chi connectivity index (χ1) is 14.2. The highest BCUT2D eigenvalue weighted by atomic mass is 16.5. The van der Waals surface area contributed by atoms with Crippen LogP contribution < -0.4 is 10.5 Å². The lowest BCUT2D eigenvalue weighted by molar-refractivity contribution is 0.133. The van der Waals surface area contributed by atoms with E-state index in [2.05, 4.69) is 38.9 Å². The van der Waals surface area contributed by atoms with Gasteiger partial charge in [0, 0.05) is 43.9 Å². The number of likely N-dealkylation sites (N-methyl/N-ethyl adjacent to an activating group) is 1. The monoisotopic (exact) mass is 393 g/mol. The lowest BCUT2D eigenvalue weighted by Crippen LogP contribution is -2.45. The van der Waals surface area contributed by atoms with Crippen molar-refractivity contribution in [3.05, 3.63) is 35.7 Å². The summed E-state index contributed by atoms with van der Waals surface area (Å²) in [6.45, 7) is 6.32. The number of nitrogen functional groups attached to an aromatic ring is 1. The average molecular weight is 394 g/mol. The third-order valence-corrected chi connectivity index (χ3v) is 6.98. The van der Waals surface area contributed by atoms with Crippen LogP contribution in [-0.2, 0) is 0 Å². The van der Waals surface area contributed by atoms with Crippen LogP contribution in [0.5, 0.6) is 5.75 Å². The van der Waals surface area contributed by atoms with Crippen LogP contribution in [0.1, 0.15) is 48.6 Å². The Balaban J connectivity index is 1.40. The van der Waals surface area contributed by atoms with Crippen molar-refractivity contribution in [3.63, 3.8) is 0 Å². The van der Waals surface area contributed by atoms with Crippen LogP contribution in [-0.4, -0.2) is 66.1 Å². The van der Waals surface area contributed by atoms with E-state index >= 15 is 0 Å². The Morgan fingerprint density at radius 1 is 1.00 bits per heavy atom. The molecule has 29 heavy (non-hydrogen) atoms. The second kappa shape index (κ2) is 7.92. The highest BCUT2D eigenvalue weighted by molar-refractivity contribution is 5.70. The number of piperazine rings is 1. The van der Waals surface area contributed by atoms with Gasteiger partial charge in [0.1, 0.15) is 18.2 Å². The van der Waals surface area contributed by atoms with Crippen molar-refractivity contribution in [2.75, 3.05) is 52.1 Å². The molecule has 0 radical (unpaired) electrons. The fourth-order valence-corrected chi connectivity index (χ4v) is 5.36. The fourth-order valence-electron chi connectivity index (χ4n) is 5.36. The Morgan fingerprint density at radius 3 is 2.45 bits per heavy atom. The Hall–Kier alpha value is -2.18. The van der Waals surface area contributed by atoms with Crippen LogP contribution in [0.25, 0.3) is 11.3 Å². The molecule has 0 spiro atoms. The summed E-state index contributed by atoms with van der Waals surface area (Å²) in [7, 11) is 2.20. The maximum atomic E-state index is 6.39. The second-order valence-electron chi connectivity index (χ2n) is 8.81. The number of ether oxygens (including phenoxy) is 1. The smallest absolute Gasteiger partial charge is 0.142 e. The quantitative estimate of drug-likeness (QED) is 0.842. The third kappa shape index (κ3) is 3.71. The zero-order valence-corrected chi connectivity index (χ0v) is 17.3. The zero-order chi connectivity index (χ0) is 19.8. The van der Waals surface area contributed by atoms with Gasteiger partial charge < -0.3 is 15.4 Å². The molecule has 1 saturated carbocycles. The Kier molecular flexibility index (Phi) is 5.14. The summed E-state index contributed by atoms with van der Waals surface area (Å²) in [5.41, 5.74) is 10.9. The number of benzene rings is 1. The summed E-state index contributed by atoms with van der Waals surface area (Å²) in [4.78, 5) is 13.7. The Bertz CT molecular complexity index is 870. The molecule has 0 unspecified atom stereocenters. The van der Waals surface area contributed by atoms with E-state index in [0.717, 1.165) is 50.8 Å². The number of hydrogen-bond donors (Lipinski definition) is 1. The van der Waals surface area contributed by atoms with Gasteiger partial charge in [0.15, 0.2) is 0 Å². The van der Waals surface area contributed by atoms with Crippen LogP contribution in [0.3, 0.4) is 0 Å². The molecule has 154 valence electrons. The zero-order valence-electron chi connectivity index (χ0n) is 17.3.